The van der Waals surface area contributed by atoms with Crippen LogP contribution in [-0.2, 0) is 4.79 Å². The lowest BCUT2D eigenvalue weighted by molar-refractivity contribution is -0.131. The van der Waals surface area contributed by atoms with Crippen LogP contribution in [-0.4, -0.2) is 15.6 Å². The minimum Gasteiger partial charge on any atom is -0.478 e. The number of aromatic nitrogens is 1. The molecule has 1 heterocycles. The lowest BCUT2D eigenvalue weighted by Gasteiger charge is -2.09. The van der Waals surface area contributed by atoms with Crippen molar-refractivity contribution < 1.29 is 9.90 Å². The number of nitrogens with zero attached hydrogens (tertiary/aromatic N) is 1. The molecule has 3 nitrogen and oxygen atoms in total. The molecule has 1 aromatic heterocycles. The Morgan fingerprint density at radius 2 is 2.06 bits per heavy atom. The molecule has 1 aromatic carbocycles. The molecule has 0 atom stereocenters. The number of benzene rings is 1. The predicted octanol–water partition coefficient (Wildman–Crippen LogP) is 3.71. The first kappa shape index (κ1) is 12.4. The number of hydrogen-bond donors (Lipinski definition) is 1. The summed E-state index contributed by atoms with van der Waals surface area (Å²) in [6.07, 6.45) is 3.30. The molecule has 0 spiro atoms. The largest absolute Gasteiger partial charge is 0.478 e. The van der Waals surface area contributed by atoms with Crippen molar-refractivity contribution in [3.05, 3.63) is 42.1 Å². The van der Waals surface area contributed by atoms with Crippen molar-refractivity contribution in [2.24, 2.45) is 0 Å². The average Bonchev–Trinajstić information content (AvgIpc) is 2.70. The van der Waals surface area contributed by atoms with Gasteiger partial charge in [0.25, 0.3) is 0 Å². The zero-order valence-electron chi connectivity index (χ0n) is 10.8. The molecule has 0 fully saturated rings. The summed E-state index contributed by atoms with van der Waals surface area (Å²) in [5.41, 5.74) is 2.89. The van der Waals surface area contributed by atoms with Crippen LogP contribution in [0.4, 0.5) is 0 Å². The molecule has 0 saturated heterocycles. The van der Waals surface area contributed by atoms with Gasteiger partial charge in [0, 0.05) is 29.2 Å². The van der Waals surface area contributed by atoms with Crippen molar-refractivity contribution in [1.82, 2.24) is 4.57 Å². The molecule has 94 valence electrons. The second-order valence-electron chi connectivity index (χ2n) is 4.76. The first-order valence-corrected chi connectivity index (χ1v) is 6.01. The van der Waals surface area contributed by atoms with Gasteiger partial charge in [0.1, 0.15) is 0 Å². The molecule has 3 heteroatoms. The summed E-state index contributed by atoms with van der Waals surface area (Å²) in [4.78, 5) is 10.7. The third kappa shape index (κ3) is 2.30. The number of fused-ring (bicyclic) bond motifs is 1. The Morgan fingerprint density at radius 3 is 2.67 bits per heavy atom. The van der Waals surface area contributed by atoms with Crippen LogP contribution >= 0.6 is 0 Å². The fourth-order valence-corrected chi connectivity index (χ4v) is 2.13. The molecule has 0 bridgehead atoms. The van der Waals surface area contributed by atoms with Crippen LogP contribution in [0.15, 0.2) is 36.5 Å². The topological polar surface area (TPSA) is 42.2 Å². The molecule has 0 aliphatic heterocycles. The summed E-state index contributed by atoms with van der Waals surface area (Å²) in [6, 6.07) is 8.53. The standard InChI is InChI=1S/C15H17NO2/c1-10(2)16-7-6-13-9-12(4-5-14(13)16)11(3)8-15(17)18/h4-10H,1-3H3,(H,17,18)/b11-8+. The Kier molecular flexibility index (Phi) is 3.24. The van der Waals surface area contributed by atoms with E-state index in [0.29, 0.717) is 6.04 Å². The lowest BCUT2D eigenvalue weighted by atomic mass is 10.1. The highest BCUT2D eigenvalue weighted by Crippen LogP contribution is 2.24. The molecular formula is C15H17NO2. The summed E-state index contributed by atoms with van der Waals surface area (Å²) in [6.45, 7) is 6.10. The van der Waals surface area contributed by atoms with Crippen LogP contribution < -0.4 is 0 Å². The molecule has 0 aliphatic rings. The molecule has 2 rings (SSSR count). The fraction of sp³-hybridized carbons (Fsp3) is 0.267. The van der Waals surface area contributed by atoms with E-state index in [9.17, 15) is 4.79 Å². The highest BCUT2D eigenvalue weighted by molar-refractivity contribution is 5.91. The summed E-state index contributed by atoms with van der Waals surface area (Å²) in [7, 11) is 0. The Hall–Kier alpha value is -2.03. The van der Waals surface area contributed by atoms with E-state index < -0.39 is 5.97 Å². The van der Waals surface area contributed by atoms with Gasteiger partial charge in [0.15, 0.2) is 0 Å². The van der Waals surface area contributed by atoms with Gasteiger partial charge in [0.05, 0.1) is 0 Å². The van der Waals surface area contributed by atoms with Crippen LogP contribution in [0.25, 0.3) is 16.5 Å². The summed E-state index contributed by atoms with van der Waals surface area (Å²) < 4.78 is 2.20. The van der Waals surface area contributed by atoms with E-state index in [0.717, 1.165) is 16.5 Å². The van der Waals surface area contributed by atoms with Gasteiger partial charge in [-0.05, 0) is 50.1 Å². The Bertz CT molecular complexity index is 620. The minimum absolute atomic E-state index is 0.420. The number of carboxylic acid groups (broad SMARTS) is 1. The SMILES string of the molecule is C/C(=C\C(=O)O)c1ccc2c(ccn2C(C)C)c1. The lowest BCUT2D eigenvalue weighted by Crippen LogP contribution is -1.97. The van der Waals surface area contributed by atoms with Crippen molar-refractivity contribution in [2.75, 3.05) is 0 Å². The molecule has 18 heavy (non-hydrogen) atoms. The van der Waals surface area contributed by atoms with E-state index in [2.05, 4.69) is 30.7 Å². The number of allylic oxidation sites excluding steroid dienone is 1. The molecule has 0 unspecified atom stereocenters. The zero-order chi connectivity index (χ0) is 13.3. The van der Waals surface area contributed by atoms with E-state index in [4.69, 9.17) is 5.11 Å². The van der Waals surface area contributed by atoms with E-state index in [1.54, 1.807) is 0 Å². The fourth-order valence-electron chi connectivity index (χ4n) is 2.13. The van der Waals surface area contributed by atoms with Crippen LogP contribution in [0.3, 0.4) is 0 Å². The molecule has 0 aliphatic carbocycles. The molecular weight excluding hydrogens is 226 g/mol. The Balaban J connectivity index is 2.49. The molecule has 0 radical (unpaired) electrons. The smallest absolute Gasteiger partial charge is 0.328 e. The second kappa shape index (κ2) is 4.69. The predicted molar refractivity (Wildman–Crippen MR) is 73.6 cm³/mol. The van der Waals surface area contributed by atoms with E-state index >= 15 is 0 Å². The second-order valence-corrected chi connectivity index (χ2v) is 4.76. The quantitative estimate of drug-likeness (QED) is 0.835. The maximum Gasteiger partial charge on any atom is 0.328 e. The van der Waals surface area contributed by atoms with Crippen molar-refractivity contribution in [3.8, 4) is 0 Å². The highest BCUT2D eigenvalue weighted by atomic mass is 16.4. The minimum atomic E-state index is -0.910. The van der Waals surface area contributed by atoms with E-state index in [1.807, 2.05) is 25.1 Å². The zero-order valence-corrected chi connectivity index (χ0v) is 10.8. The Morgan fingerprint density at radius 1 is 1.33 bits per heavy atom. The van der Waals surface area contributed by atoms with Crippen LogP contribution in [0, 0.1) is 0 Å². The first-order chi connectivity index (χ1) is 8.49. The third-order valence-corrected chi connectivity index (χ3v) is 3.07. The van der Waals surface area contributed by atoms with Crippen molar-refractivity contribution >= 4 is 22.4 Å². The van der Waals surface area contributed by atoms with Gasteiger partial charge in [-0.1, -0.05) is 6.07 Å². The highest BCUT2D eigenvalue weighted by Gasteiger charge is 2.06. The van der Waals surface area contributed by atoms with Crippen LogP contribution in [0.2, 0.25) is 0 Å². The number of hydrogen-bond acceptors (Lipinski definition) is 1. The number of rotatable bonds is 3. The number of aliphatic carboxylic acids is 1. The average molecular weight is 243 g/mol. The van der Waals surface area contributed by atoms with Crippen molar-refractivity contribution in [1.29, 1.82) is 0 Å². The summed E-state index contributed by atoms with van der Waals surface area (Å²) in [5, 5.41) is 9.89. The maximum absolute atomic E-state index is 10.7. The van der Waals surface area contributed by atoms with Crippen molar-refractivity contribution in [2.45, 2.75) is 26.8 Å². The van der Waals surface area contributed by atoms with Crippen LogP contribution in [0.1, 0.15) is 32.4 Å². The Labute approximate surface area is 106 Å². The molecule has 2 aromatic rings. The van der Waals surface area contributed by atoms with Gasteiger partial charge in [0.2, 0.25) is 0 Å². The van der Waals surface area contributed by atoms with Crippen LogP contribution in [0.5, 0.6) is 0 Å². The monoisotopic (exact) mass is 243 g/mol. The van der Waals surface area contributed by atoms with Crippen molar-refractivity contribution in [3.63, 3.8) is 0 Å². The molecule has 1 N–H and O–H groups in total. The maximum atomic E-state index is 10.7. The van der Waals surface area contributed by atoms with Gasteiger partial charge < -0.3 is 9.67 Å². The van der Waals surface area contributed by atoms with Gasteiger partial charge in [-0.25, -0.2) is 4.79 Å². The number of carbonyl (C=O) groups is 1. The molecule has 0 amide bonds. The third-order valence-electron chi connectivity index (χ3n) is 3.07. The van der Waals surface area contributed by atoms with Gasteiger partial charge >= 0.3 is 5.97 Å². The normalized spacial score (nSPS) is 12.3. The number of carboxylic acids is 1. The summed E-state index contributed by atoms with van der Waals surface area (Å²) >= 11 is 0. The van der Waals surface area contributed by atoms with Gasteiger partial charge in [-0.15, -0.1) is 0 Å². The van der Waals surface area contributed by atoms with Gasteiger partial charge in [-0.3, -0.25) is 0 Å². The van der Waals surface area contributed by atoms with E-state index in [-0.39, 0.29) is 0 Å². The van der Waals surface area contributed by atoms with Gasteiger partial charge in [-0.2, -0.15) is 0 Å². The van der Waals surface area contributed by atoms with E-state index in [1.165, 1.54) is 11.6 Å². The summed E-state index contributed by atoms with van der Waals surface area (Å²) in [5.74, 6) is -0.910. The first-order valence-electron chi connectivity index (χ1n) is 6.01. The molecule has 0 saturated carbocycles.